The Bertz CT molecular complexity index is 452. The molecular formula is C14H28O10Si2. The molecule has 2 N–H and O–H groups in total. The van der Waals surface area contributed by atoms with Gasteiger partial charge in [-0.1, -0.05) is 0 Å². The number of carboxylic acids is 2. The van der Waals surface area contributed by atoms with Gasteiger partial charge in [0.25, 0.3) is 0 Å². The largest absolute Gasteiger partial charge is 0.507 e. The van der Waals surface area contributed by atoms with E-state index in [1.165, 1.54) is 42.7 Å². The summed E-state index contributed by atoms with van der Waals surface area (Å²) in [6.07, 6.45) is 1.35. The summed E-state index contributed by atoms with van der Waals surface area (Å²) in [6.45, 7) is 0. The van der Waals surface area contributed by atoms with E-state index in [0.29, 0.717) is 18.9 Å². The summed E-state index contributed by atoms with van der Waals surface area (Å²) in [5.74, 6) is -2.60. The summed E-state index contributed by atoms with van der Waals surface area (Å²) in [5, 5.41) is 17.4. The number of carboxylic acid groups (broad SMARTS) is 2. The Kier molecular flexibility index (Phi) is 11.1. The van der Waals surface area contributed by atoms with Crippen molar-refractivity contribution in [1.82, 2.24) is 0 Å². The van der Waals surface area contributed by atoms with Gasteiger partial charge in [-0.3, -0.25) is 0 Å². The fourth-order valence-electron chi connectivity index (χ4n) is 2.81. The van der Waals surface area contributed by atoms with Crippen molar-refractivity contribution in [3.8, 4) is 0 Å². The van der Waals surface area contributed by atoms with Gasteiger partial charge in [-0.05, 0) is 19.3 Å². The van der Waals surface area contributed by atoms with Gasteiger partial charge in [0, 0.05) is 54.3 Å². The van der Waals surface area contributed by atoms with Gasteiger partial charge >= 0.3 is 29.5 Å². The highest BCUT2D eigenvalue weighted by molar-refractivity contribution is 6.82. The standard InChI is InChI=1S/C14H28O10Si2/c1-19-25(20-2,21-3)13(26(22-4,23-5)24-6)9-7-8-11(14(17)18)10-12(15)16/h10,13H,7-9H2,1-6H3,(H,15,16)(H,17,18)/b11-10-. The number of aliphatic carboxylic acids is 2. The Hall–Kier alpha value is -1.13. The highest BCUT2D eigenvalue weighted by Crippen LogP contribution is 2.39. The second-order valence-corrected chi connectivity index (χ2v) is 12.0. The molecular weight excluding hydrogens is 384 g/mol. The van der Waals surface area contributed by atoms with Gasteiger partial charge < -0.3 is 36.8 Å². The van der Waals surface area contributed by atoms with Gasteiger partial charge in [-0.15, -0.1) is 0 Å². The second kappa shape index (κ2) is 11.6. The van der Waals surface area contributed by atoms with Crippen molar-refractivity contribution in [1.29, 1.82) is 0 Å². The molecule has 12 heteroatoms. The minimum Gasteiger partial charge on any atom is -0.478 e. The molecule has 0 unspecified atom stereocenters. The van der Waals surface area contributed by atoms with Crippen LogP contribution in [-0.4, -0.2) is 82.4 Å². The van der Waals surface area contributed by atoms with Gasteiger partial charge in [-0.25, -0.2) is 9.59 Å². The Morgan fingerprint density at radius 2 is 1.23 bits per heavy atom. The van der Waals surface area contributed by atoms with Crippen molar-refractivity contribution in [3.05, 3.63) is 11.6 Å². The molecule has 0 bridgehead atoms. The average molecular weight is 413 g/mol. The molecule has 26 heavy (non-hydrogen) atoms. The zero-order valence-corrected chi connectivity index (χ0v) is 17.9. The van der Waals surface area contributed by atoms with Crippen LogP contribution in [0.5, 0.6) is 0 Å². The molecule has 0 atom stereocenters. The third-order valence-electron chi connectivity index (χ3n) is 4.07. The maximum atomic E-state index is 11.2. The van der Waals surface area contributed by atoms with Crippen LogP contribution in [-0.2, 0) is 36.1 Å². The SMILES string of the molecule is CO[Si](OC)(OC)C(CCC/C(=C/C(=O)O)C(=O)O)[Si](OC)(OC)OC. The van der Waals surface area contributed by atoms with Crippen molar-refractivity contribution in [2.24, 2.45) is 0 Å². The third-order valence-corrected chi connectivity index (χ3v) is 11.9. The Balaban J connectivity index is 5.63. The predicted octanol–water partition coefficient (Wildman–Crippen LogP) is 0.918. The van der Waals surface area contributed by atoms with Crippen LogP contribution in [0.15, 0.2) is 11.6 Å². The topological polar surface area (TPSA) is 130 Å². The van der Waals surface area contributed by atoms with Crippen LogP contribution in [0.4, 0.5) is 0 Å². The molecule has 0 rings (SSSR count). The second-order valence-electron chi connectivity index (χ2n) is 5.19. The molecule has 0 aromatic rings. The van der Waals surface area contributed by atoms with E-state index >= 15 is 0 Å². The van der Waals surface area contributed by atoms with E-state index < -0.39 is 34.7 Å². The van der Waals surface area contributed by atoms with E-state index in [9.17, 15) is 9.59 Å². The molecule has 0 aliphatic rings. The van der Waals surface area contributed by atoms with E-state index in [1.807, 2.05) is 0 Å². The van der Waals surface area contributed by atoms with Crippen LogP contribution in [0.1, 0.15) is 19.3 Å². The van der Waals surface area contributed by atoms with Crippen LogP contribution in [0, 0.1) is 0 Å². The lowest BCUT2D eigenvalue weighted by atomic mass is 10.1. The van der Waals surface area contributed by atoms with E-state index in [1.54, 1.807) is 0 Å². The van der Waals surface area contributed by atoms with Crippen LogP contribution in [0.2, 0.25) is 5.16 Å². The highest BCUT2D eigenvalue weighted by atomic mass is 28.5. The van der Waals surface area contributed by atoms with Crippen LogP contribution >= 0.6 is 0 Å². The monoisotopic (exact) mass is 412 g/mol. The van der Waals surface area contributed by atoms with Crippen LogP contribution in [0.3, 0.4) is 0 Å². The van der Waals surface area contributed by atoms with E-state index in [0.717, 1.165) is 0 Å². The molecule has 0 spiro atoms. The summed E-state index contributed by atoms with van der Waals surface area (Å²) in [5.41, 5.74) is -0.213. The molecule has 0 saturated heterocycles. The fourth-order valence-corrected chi connectivity index (χ4v) is 10.5. The molecule has 0 aromatic heterocycles. The molecule has 0 fully saturated rings. The summed E-state index contributed by atoms with van der Waals surface area (Å²) in [6, 6.07) is 0. The first-order chi connectivity index (χ1) is 12.2. The molecule has 10 nitrogen and oxygen atoms in total. The molecule has 0 aliphatic heterocycles. The number of rotatable bonds is 14. The van der Waals surface area contributed by atoms with Crippen molar-refractivity contribution in [3.63, 3.8) is 0 Å². The average Bonchev–Trinajstić information content (AvgIpc) is 2.63. The molecule has 0 aromatic carbocycles. The maximum absolute atomic E-state index is 11.2. The molecule has 0 amide bonds. The van der Waals surface area contributed by atoms with Crippen LogP contribution < -0.4 is 0 Å². The first kappa shape index (κ1) is 24.9. The van der Waals surface area contributed by atoms with E-state index in [2.05, 4.69) is 0 Å². The van der Waals surface area contributed by atoms with Gasteiger partial charge in [0.15, 0.2) is 0 Å². The number of hydrogen-bond donors (Lipinski definition) is 2. The molecule has 0 radical (unpaired) electrons. The Labute approximate surface area is 155 Å². The smallest absolute Gasteiger partial charge is 0.478 e. The van der Waals surface area contributed by atoms with Crippen molar-refractivity contribution >= 4 is 29.5 Å². The number of carbonyl (C=O) groups is 2. The van der Waals surface area contributed by atoms with Crippen LogP contribution in [0.25, 0.3) is 0 Å². The van der Waals surface area contributed by atoms with Gasteiger partial charge in [0.2, 0.25) is 0 Å². The maximum Gasteiger partial charge on any atom is 0.507 e. The highest BCUT2D eigenvalue weighted by Gasteiger charge is 2.63. The Morgan fingerprint density at radius 1 is 0.846 bits per heavy atom. The lowest BCUT2D eigenvalue weighted by Gasteiger charge is -2.39. The van der Waals surface area contributed by atoms with Crippen molar-refractivity contribution < 1.29 is 46.4 Å². The predicted molar refractivity (Wildman–Crippen MR) is 94.5 cm³/mol. The van der Waals surface area contributed by atoms with Gasteiger partial charge in [-0.2, -0.15) is 0 Å². The summed E-state index contributed by atoms with van der Waals surface area (Å²) >= 11 is 0. The third kappa shape index (κ3) is 5.95. The summed E-state index contributed by atoms with van der Waals surface area (Å²) in [4.78, 5) is 21.9. The molecule has 0 heterocycles. The first-order valence-corrected chi connectivity index (χ1v) is 11.3. The van der Waals surface area contributed by atoms with Crippen molar-refractivity contribution in [2.75, 3.05) is 42.7 Å². The molecule has 0 aliphatic carbocycles. The number of hydrogen-bond acceptors (Lipinski definition) is 8. The molecule has 152 valence electrons. The summed E-state index contributed by atoms with van der Waals surface area (Å²) in [7, 11) is 2.12. The Morgan fingerprint density at radius 3 is 1.50 bits per heavy atom. The minimum atomic E-state index is -3.27. The lowest BCUT2D eigenvalue weighted by Crippen LogP contribution is -2.62. The lowest BCUT2D eigenvalue weighted by molar-refractivity contribution is -0.135. The van der Waals surface area contributed by atoms with Crippen molar-refractivity contribution in [2.45, 2.75) is 24.4 Å². The van der Waals surface area contributed by atoms with Gasteiger partial charge in [0.05, 0.1) is 5.16 Å². The normalized spacial score (nSPS) is 13.3. The zero-order valence-electron chi connectivity index (χ0n) is 15.9. The summed E-state index contributed by atoms with van der Waals surface area (Å²) < 4.78 is 33.3. The minimum absolute atomic E-state index is 0.0291. The van der Waals surface area contributed by atoms with E-state index in [-0.39, 0.29) is 12.0 Å². The van der Waals surface area contributed by atoms with E-state index in [4.69, 9.17) is 36.8 Å². The molecule has 0 saturated carbocycles. The van der Waals surface area contributed by atoms with Gasteiger partial charge in [0.1, 0.15) is 0 Å². The zero-order chi connectivity index (χ0) is 20.4. The fraction of sp³-hybridized carbons (Fsp3) is 0.714. The quantitative estimate of drug-likeness (QED) is 0.314. The first-order valence-electron chi connectivity index (χ1n) is 7.70.